The molecule has 0 saturated carbocycles. The molecule has 0 saturated heterocycles. The van der Waals surface area contributed by atoms with Crippen LogP contribution in [0.15, 0.2) is 30.5 Å². The van der Waals surface area contributed by atoms with Gasteiger partial charge < -0.3 is 5.32 Å². The van der Waals surface area contributed by atoms with Crippen LogP contribution in [0.2, 0.25) is 0 Å². The second-order valence-electron chi connectivity index (χ2n) is 6.38. The Bertz CT molecular complexity index is 1020. The van der Waals surface area contributed by atoms with Crippen molar-refractivity contribution in [2.45, 2.75) is 33.7 Å². The molecule has 0 spiro atoms. The number of fused-ring (bicyclic) bond motifs is 1. The summed E-state index contributed by atoms with van der Waals surface area (Å²) in [7, 11) is 0. The highest BCUT2D eigenvalue weighted by Crippen LogP contribution is 2.26. The largest absolute Gasteiger partial charge is 0.321 e. The number of hydrogen-bond acceptors (Lipinski definition) is 5. The van der Waals surface area contributed by atoms with Crippen molar-refractivity contribution in [2.24, 2.45) is 0 Å². The normalized spacial score (nSPS) is 11.1. The number of rotatable bonds is 4. The number of nitro benzene ring substituents is 1. The molecular weight excluding hydrogens is 334 g/mol. The Morgan fingerprint density at radius 3 is 2.69 bits per heavy atom. The molecule has 0 aliphatic carbocycles. The molecule has 134 valence electrons. The van der Waals surface area contributed by atoms with Crippen LogP contribution in [-0.4, -0.2) is 25.6 Å². The van der Waals surface area contributed by atoms with Crippen molar-refractivity contribution in [1.82, 2.24) is 14.8 Å². The van der Waals surface area contributed by atoms with E-state index in [1.54, 1.807) is 42.9 Å². The van der Waals surface area contributed by atoms with Crippen LogP contribution in [0.3, 0.4) is 0 Å². The molecular formula is C18H19N5O3. The lowest BCUT2D eigenvalue weighted by atomic mass is 10.1. The molecule has 0 aliphatic rings. The van der Waals surface area contributed by atoms with Crippen molar-refractivity contribution < 1.29 is 9.72 Å². The molecule has 0 aliphatic heterocycles. The third kappa shape index (κ3) is 3.01. The van der Waals surface area contributed by atoms with Gasteiger partial charge in [-0.1, -0.05) is 6.07 Å². The van der Waals surface area contributed by atoms with Gasteiger partial charge in [0.15, 0.2) is 5.65 Å². The van der Waals surface area contributed by atoms with Gasteiger partial charge in [-0.2, -0.15) is 5.10 Å². The molecule has 0 unspecified atom stereocenters. The van der Waals surface area contributed by atoms with Crippen LogP contribution in [0, 0.1) is 24.0 Å². The first-order valence-electron chi connectivity index (χ1n) is 8.19. The number of carbonyl (C=O) groups excluding carboxylic acids is 1. The summed E-state index contributed by atoms with van der Waals surface area (Å²) in [6, 6.07) is 6.49. The maximum atomic E-state index is 12.7. The van der Waals surface area contributed by atoms with Crippen molar-refractivity contribution >= 4 is 28.3 Å². The van der Waals surface area contributed by atoms with Crippen molar-refractivity contribution in [1.29, 1.82) is 0 Å². The Balaban J connectivity index is 1.97. The van der Waals surface area contributed by atoms with E-state index in [4.69, 9.17) is 0 Å². The van der Waals surface area contributed by atoms with Crippen LogP contribution in [-0.2, 0) is 0 Å². The van der Waals surface area contributed by atoms with E-state index >= 15 is 0 Å². The number of carbonyl (C=O) groups is 1. The molecule has 0 atom stereocenters. The maximum absolute atomic E-state index is 12.7. The summed E-state index contributed by atoms with van der Waals surface area (Å²) in [6.45, 7) is 7.38. The topological polar surface area (TPSA) is 103 Å². The predicted octanol–water partition coefficient (Wildman–Crippen LogP) is 3.79. The molecule has 0 radical (unpaired) electrons. The fraction of sp³-hybridized carbons (Fsp3) is 0.278. The Kier molecular flexibility index (Phi) is 4.41. The lowest BCUT2D eigenvalue weighted by Gasteiger charge is -2.11. The van der Waals surface area contributed by atoms with Gasteiger partial charge in [0.1, 0.15) is 0 Å². The molecule has 1 amide bonds. The average molecular weight is 353 g/mol. The molecule has 2 heterocycles. The quantitative estimate of drug-likeness (QED) is 0.568. The molecule has 0 fully saturated rings. The molecule has 8 heteroatoms. The number of nitrogens with zero attached hydrogens (tertiary/aromatic N) is 4. The van der Waals surface area contributed by atoms with Gasteiger partial charge in [0.05, 0.1) is 33.6 Å². The van der Waals surface area contributed by atoms with E-state index in [1.807, 2.05) is 13.8 Å². The van der Waals surface area contributed by atoms with Gasteiger partial charge in [-0.3, -0.25) is 14.9 Å². The third-order valence-electron chi connectivity index (χ3n) is 4.24. The number of pyridine rings is 1. The number of nitro groups is 1. The molecule has 1 N–H and O–H groups in total. The van der Waals surface area contributed by atoms with Gasteiger partial charge in [-0.05, 0) is 39.8 Å². The summed E-state index contributed by atoms with van der Waals surface area (Å²) < 4.78 is 1.80. The molecule has 1 aromatic carbocycles. The Labute approximate surface area is 150 Å². The number of benzene rings is 1. The zero-order valence-corrected chi connectivity index (χ0v) is 15.0. The van der Waals surface area contributed by atoms with Crippen LogP contribution < -0.4 is 5.32 Å². The van der Waals surface area contributed by atoms with Crippen LogP contribution in [0.1, 0.15) is 41.5 Å². The fourth-order valence-electron chi connectivity index (χ4n) is 2.82. The second-order valence-corrected chi connectivity index (χ2v) is 6.38. The molecule has 2 aromatic heterocycles. The van der Waals surface area contributed by atoms with E-state index in [-0.39, 0.29) is 17.6 Å². The molecule has 3 rings (SSSR count). The summed E-state index contributed by atoms with van der Waals surface area (Å²) >= 11 is 0. The zero-order chi connectivity index (χ0) is 19.0. The number of anilines is 1. The molecule has 3 aromatic rings. The summed E-state index contributed by atoms with van der Waals surface area (Å²) in [5, 5.41) is 18.9. The Morgan fingerprint density at radius 1 is 1.31 bits per heavy atom. The van der Waals surface area contributed by atoms with Gasteiger partial charge in [0, 0.05) is 17.5 Å². The number of aryl methyl sites for hydroxylation is 1. The van der Waals surface area contributed by atoms with E-state index in [9.17, 15) is 14.9 Å². The molecule has 0 bridgehead atoms. The smallest absolute Gasteiger partial charge is 0.274 e. The number of nitrogens with one attached hydrogen (secondary N) is 1. The highest BCUT2D eigenvalue weighted by atomic mass is 16.6. The van der Waals surface area contributed by atoms with Crippen molar-refractivity contribution in [3.05, 3.63) is 57.4 Å². The van der Waals surface area contributed by atoms with E-state index < -0.39 is 4.92 Å². The van der Waals surface area contributed by atoms with E-state index in [0.717, 1.165) is 11.0 Å². The number of amides is 1. The highest BCUT2D eigenvalue weighted by molar-refractivity contribution is 6.07. The average Bonchev–Trinajstić information content (AvgIpc) is 2.98. The Hall–Kier alpha value is -3.29. The lowest BCUT2D eigenvalue weighted by Crippen LogP contribution is -2.15. The van der Waals surface area contributed by atoms with Crippen LogP contribution in [0.25, 0.3) is 11.0 Å². The summed E-state index contributed by atoms with van der Waals surface area (Å²) in [6.07, 6.45) is 1.68. The fourth-order valence-corrected chi connectivity index (χ4v) is 2.82. The number of hydrogen-bond donors (Lipinski definition) is 1. The van der Waals surface area contributed by atoms with Gasteiger partial charge in [0.2, 0.25) is 0 Å². The van der Waals surface area contributed by atoms with Crippen LogP contribution in [0.4, 0.5) is 11.4 Å². The van der Waals surface area contributed by atoms with Crippen LogP contribution in [0.5, 0.6) is 0 Å². The van der Waals surface area contributed by atoms with Crippen molar-refractivity contribution in [2.75, 3.05) is 5.32 Å². The zero-order valence-electron chi connectivity index (χ0n) is 15.0. The highest BCUT2D eigenvalue weighted by Gasteiger charge is 2.18. The Morgan fingerprint density at radius 2 is 2.04 bits per heavy atom. The summed E-state index contributed by atoms with van der Waals surface area (Å²) in [5.41, 5.74) is 2.48. The van der Waals surface area contributed by atoms with E-state index in [2.05, 4.69) is 15.4 Å². The molecule has 8 nitrogen and oxygen atoms in total. The minimum atomic E-state index is -0.468. The van der Waals surface area contributed by atoms with E-state index in [0.29, 0.717) is 22.5 Å². The lowest BCUT2D eigenvalue weighted by molar-refractivity contribution is -0.385. The van der Waals surface area contributed by atoms with E-state index in [1.165, 1.54) is 6.07 Å². The first-order chi connectivity index (χ1) is 12.3. The SMILES string of the molecule is Cc1nc2c(cnn2C(C)C)cc1C(=O)Nc1cccc([N+](=O)[O-])c1C. The van der Waals surface area contributed by atoms with Crippen molar-refractivity contribution in [3.8, 4) is 0 Å². The first-order valence-corrected chi connectivity index (χ1v) is 8.19. The number of aromatic nitrogens is 3. The predicted molar refractivity (Wildman–Crippen MR) is 98.4 cm³/mol. The summed E-state index contributed by atoms with van der Waals surface area (Å²) in [5.74, 6) is -0.363. The minimum absolute atomic E-state index is 0.0358. The van der Waals surface area contributed by atoms with Gasteiger partial charge >= 0.3 is 0 Å². The van der Waals surface area contributed by atoms with Crippen molar-refractivity contribution in [3.63, 3.8) is 0 Å². The van der Waals surface area contributed by atoms with Gasteiger partial charge in [-0.25, -0.2) is 9.67 Å². The summed E-state index contributed by atoms with van der Waals surface area (Å²) in [4.78, 5) is 27.8. The standard InChI is InChI=1S/C18H19N5O3/c1-10(2)22-17-13(9-19-22)8-14(12(4)20-17)18(24)21-15-6-5-7-16(11(15)3)23(25)26/h5-10H,1-4H3,(H,21,24). The first kappa shape index (κ1) is 17.5. The minimum Gasteiger partial charge on any atom is -0.321 e. The monoisotopic (exact) mass is 353 g/mol. The third-order valence-corrected chi connectivity index (χ3v) is 4.24. The second kappa shape index (κ2) is 6.55. The van der Waals surface area contributed by atoms with Gasteiger partial charge in [0.25, 0.3) is 11.6 Å². The maximum Gasteiger partial charge on any atom is 0.274 e. The van der Waals surface area contributed by atoms with Gasteiger partial charge in [-0.15, -0.1) is 0 Å². The molecule has 26 heavy (non-hydrogen) atoms. The van der Waals surface area contributed by atoms with Crippen LogP contribution >= 0.6 is 0 Å².